The second kappa shape index (κ2) is 8.35. The molecule has 0 aliphatic rings. The first kappa shape index (κ1) is 21.7. The maximum absolute atomic E-state index is 4.70. The van der Waals surface area contributed by atoms with E-state index in [0.29, 0.717) is 5.92 Å². The Hall–Kier alpha value is -3.11. The quantitative estimate of drug-likeness (QED) is 0.277. The highest BCUT2D eigenvalue weighted by Gasteiger charge is 2.19. The summed E-state index contributed by atoms with van der Waals surface area (Å²) in [5, 5.41) is 4.79. The first-order valence-electron chi connectivity index (χ1n) is 11.5. The Labute approximate surface area is 199 Å². The van der Waals surface area contributed by atoms with Crippen molar-refractivity contribution < 1.29 is 0 Å². The molecule has 33 heavy (non-hydrogen) atoms. The van der Waals surface area contributed by atoms with Gasteiger partial charge < -0.3 is 0 Å². The molecule has 5 aromatic rings. The molecule has 0 unspecified atom stereocenters. The molecule has 0 spiro atoms. The SMILES string of the molecule is CC(C)Cc1csc2c(-c3cc(-c4cc(C(C)(C)C)c5ccccc5c4)ncn3)ccnc12. The maximum atomic E-state index is 4.70. The Morgan fingerprint density at radius 3 is 2.48 bits per heavy atom. The zero-order chi connectivity index (χ0) is 23.2. The predicted molar refractivity (Wildman–Crippen MR) is 141 cm³/mol. The molecule has 0 atom stereocenters. The van der Waals surface area contributed by atoms with Crippen LogP contribution in [-0.4, -0.2) is 15.0 Å². The van der Waals surface area contributed by atoms with Crippen molar-refractivity contribution in [3.05, 3.63) is 77.6 Å². The van der Waals surface area contributed by atoms with Crippen LogP contribution in [0, 0.1) is 5.92 Å². The minimum atomic E-state index is 0.0342. The van der Waals surface area contributed by atoms with E-state index < -0.39 is 0 Å². The van der Waals surface area contributed by atoms with Crippen molar-refractivity contribution in [1.82, 2.24) is 15.0 Å². The van der Waals surface area contributed by atoms with Crippen LogP contribution >= 0.6 is 11.3 Å². The van der Waals surface area contributed by atoms with Crippen LogP contribution in [0.1, 0.15) is 45.7 Å². The zero-order valence-corrected chi connectivity index (χ0v) is 20.7. The molecule has 0 N–H and O–H groups in total. The van der Waals surface area contributed by atoms with Gasteiger partial charge in [-0.1, -0.05) is 58.9 Å². The first-order valence-corrected chi connectivity index (χ1v) is 12.4. The number of fused-ring (bicyclic) bond motifs is 2. The molecule has 0 amide bonds. The molecular weight excluding hydrogens is 422 g/mol. The fourth-order valence-corrected chi connectivity index (χ4v) is 5.57. The lowest BCUT2D eigenvalue weighted by Gasteiger charge is -2.22. The van der Waals surface area contributed by atoms with E-state index >= 15 is 0 Å². The fraction of sp³-hybridized carbons (Fsp3) is 0.276. The van der Waals surface area contributed by atoms with Gasteiger partial charge in [0.15, 0.2) is 0 Å². The third-order valence-corrected chi connectivity index (χ3v) is 7.12. The second-order valence-electron chi connectivity index (χ2n) is 10.2. The summed E-state index contributed by atoms with van der Waals surface area (Å²) in [6.07, 6.45) is 4.63. The fourth-order valence-electron chi connectivity index (χ4n) is 4.51. The molecule has 0 saturated carbocycles. The molecular formula is C29H29N3S. The summed E-state index contributed by atoms with van der Waals surface area (Å²) in [5.41, 5.74) is 7.93. The van der Waals surface area contributed by atoms with Crippen LogP contribution in [0.3, 0.4) is 0 Å². The second-order valence-corrected chi connectivity index (χ2v) is 11.1. The summed E-state index contributed by atoms with van der Waals surface area (Å²) < 4.78 is 1.20. The number of thiophene rings is 1. The van der Waals surface area contributed by atoms with Crippen LogP contribution < -0.4 is 0 Å². The Bertz CT molecular complexity index is 1460. The molecule has 0 radical (unpaired) electrons. The van der Waals surface area contributed by atoms with Gasteiger partial charge in [-0.05, 0) is 69.3 Å². The average Bonchev–Trinajstić information content (AvgIpc) is 3.20. The normalized spacial score (nSPS) is 12.2. The molecule has 3 nitrogen and oxygen atoms in total. The number of aromatic nitrogens is 3. The van der Waals surface area contributed by atoms with Gasteiger partial charge in [0.05, 0.1) is 21.6 Å². The van der Waals surface area contributed by atoms with E-state index in [4.69, 9.17) is 4.98 Å². The molecule has 0 bridgehead atoms. The average molecular weight is 452 g/mol. The minimum absolute atomic E-state index is 0.0342. The van der Waals surface area contributed by atoms with E-state index in [2.05, 4.69) is 98.5 Å². The van der Waals surface area contributed by atoms with Crippen molar-refractivity contribution in [3.8, 4) is 22.5 Å². The van der Waals surface area contributed by atoms with Crippen LogP contribution in [0.2, 0.25) is 0 Å². The number of benzene rings is 2. The molecule has 166 valence electrons. The predicted octanol–water partition coefficient (Wildman–Crippen LogP) is 8.07. The Morgan fingerprint density at radius 2 is 1.70 bits per heavy atom. The van der Waals surface area contributed by atoms with Gasteiger partial charge in [-0.15, -0.1) is 11.3 Å². The molecule has 3 aromatic heterocycles. The van der Waals surface area contributed by atoms with Crippen LogP contribution in [0.4, 0.5) is 0 Å². The van der Waals surface area contributed by atoms with Crippen LogP contribution in [0.15, 0.2) is 66.4 Å². The van der Waals surface area contributed by atoms with E-state index in [9.17, 15) is 0 Å². The van der Waals surface area contributed by atoms with Crippen LogP contribution in [0.25, 0.3) is 43.5 Å². The van der Waals surface area contributed by atoms with Gasteiger partial charge >= 0.3 is 0 Å². The first-order chi connectivity index (χ1) is 15.8. The maximum Gasteiger partial charge on any atom is 0.116 e. The monoisotopic (exact) mass is 451 g/mol. The molecule has 0 aliphatic carbocycles. The summed E-state index contributed by atoms with van der Waals surface area (Å²) in [6.45, 7) is 11.3. The van der Waals surface area contributed by atoms with Crippen molar-refractivity contribution in [2.45, 2.75) is 46.5 Å². The number of hydrogen-bond acceptors (Lipinski definition) is 4. The summed E-state index contributed by atoms with van der Waals surface area (Å²) in [4.78, 5) is 14.0. The van der Waals surface area contributed by atoms with Crippen molar-refractivity contribution in [2.75, 3.05) is 0 Å². The van der Waals surface area contributed by atoms with Crippen LogP contribution in [0.5, 0.6) is 0 Å². The van der Waals surface area contributed by atoms with Gasteiger partial charge in [0, 0.05) is 17.3 Å². The molecule has 0 saturated heterocycles. The Balaban J connectivity index is 1.64. The van der Waals surface area contributed by atoms with Gasteiger partial charge in [0.25, 0.3) is 0 Å². The van der Waals surface area contributed by atoms with Crippen molar-refractivity contribution in [2.24, 2.45) is 5.92 Å². The lowest BCUT2D eigenvalue weighted by molar-refractivity contribution is 0.596. The van der Waals surface area contributed by atoms with E-state index in [1.807, 2.05) is 6.20 Å². The molecule has 0 fully saturated rings. The molecule has 0 aliphatic heterocycles. The summed E-state index contributed by atoms with van der Waals surface area (Å²) in [6, 6.07) is 17.3. The van der Waals surface area contributed by atoms with Gasteiger partial charge in [-0.2, -0.15) is 0 Å². The third kappa shape index (κ3) is 4.16. The summed E-state index contributed by atoms with van der Waals surface area (Å²) >= 11 is 1.76. The Morgan fingerprint density at radius 1 is 0.909 bits per heavy atom. The highest BCUT2D eigenvalue weighted by Crippen LogP contribution is 2.37. The molecule has 4 heteroatoms. The van der Waals surface area contributed by atoms with E-state index in [1.54, 1.807) is 17.7 Å². The van der Waals surface area contributed by atoms with Crippen LogP contribution in [-0.2, 0) is 11.8 Å². The van der Waals surface area contributed by atoms with Crippen molar-refractivity contribution >= 4 is 32.3 Å². The lowest BCUT2D eigenvalue weighted by atomic mass is 9.82. The topological polar surface area (TPSA) is 38.7 Å². The van der Waals surface area contributed by atoms with Crippen molar-refractivity contribution in [3.63, 3.8) is 0 Å². The van der Waals surface area contributed by atoms with E-state index in [1.165, 1.54) is 26.6 Å². The number of nitrogens with zero attached hydrogens (tertiary/aromatic N) is 3. The highest BCUT2D eigenvalue weighted by atomic mass is 32.1. The summed E-state index contributed by atoms with van der Waals surface area (Å²) in [7, 11) is 0. The summed E-state index contributed by atoms with van der Waals surface area (Å²) in [5.74, 6) is 0.601. The zero-order valence-electron chi connectivity index (χ0n) is 19.9. The molecule has 5 rings (SSSR count). The van der Waals surface area contributed by atoms with E-state index in [0.717, 1.165) is 34.5 Å². The van der Waals surface area contributed by atoms with Gasteiger partial charge in [0.1, 0.15) is 6.33 Å². The third-order valence-electron chi connectivity index (χ3n) is 6.06. The standard InChI is InChI=1S/C29H29N3S/c1-18(2)12-21-16-33-28-23(10-11-30-27(21)28)26-15-25(31-17-32-26)20-13-19-8-6-7-9-22(19)24(14-20)29(3,4)5/h6-11,13-18H,12H2,1-5H3. The smallest absolute Gasteiger partial charge is 0.116 e. The lowest BCUT2D eigenvalue weighted by Crippen LogP contribution is -2.12. The molecule has 2 aromatic carbocycles. The van der Waals surface area contributed by atoms with Gasteiger partial charge in [-0.3, -0.25) is 4.98 Å². The number of hydrogen-bond donors (Lipinski definition) is 0. The van der Waals surface area contributed by atoms with E-state index in [-0.39, 0.29) is 5.41 Å². The minimum Gasteiger partial charge on any atom is -0.255 e. The Kier molecular flexibility index (Phi) is 5.49. The van der Waals surface area contributed by atoms with Crippen molar-refractivity contribution in [1.29, 1.82) is 0 Å². The highest BCUT2D eigenvalue weighted by molar-refractivity contribution is 7.17. The van der Waals surface area contributed by atoms with Gasteiger partial charge in [-0.25, -0.2) is 9.97 Å². The molecule has 3 heterocycles. The largest absolute Gasteiger partial charge is 0.255 e. The number of rotatable bonds is 4. The van der Waals surface area contributed by atoms with Gasteiger partial charge in [0.2, 0.25) is 0 Å². The number of pyridine rings is 1.